The van der Waals surface area contributed by atoms with Crippen LogP contribution in [0.5, 0.6) is 5.75 Å². The highest BCUT2D eigenvalue weighted by Gasteiger charge is 2.32. The number of carbonyl (C=O) groups excluding carboxylic acids is 1. The van der Waals surface area contributed by atoms with Crippen LogP contribution in [0, 0.1) is 0 Å². The molecule has 1 fully saturated rings. The summed E-state index contributed by atoms with van der Waals surface area (Å²) in [5, 5.41) is 10.0. The Morgan fingerprint density at radius 3 is 2.87 bits per heavy atom. The summed E-state index contributed by atoms with van der Waals surface area (Å²) >= 11 is 0. The second-order valence-corrected chi connectivity index (χ2v) is 7.47. The van der Waals surface area contributed by atoms with Crippen molar-refractivity contribution in [1.82, 2.24) is 25.2 Å². The molecule has 4 aromatic rings. The molecule has 31 heavy (non-hydrogen) atoms. The Balaban J connectivity index is 1.38. The molecular formula is C22H21N5O4. The number of hydrogen-bond donors (Lipinski definition) is 2. The number of para-hydroxylation sites is 1. The van der Waals surface area contributed by atoms with E-state index in [0.717, 1.165) is 19.3 Å². The molecule has 0 aliphatic carbocycles. The zero-order valence-corrected chi connectivity index (χ0v) is 16.7. The summed E-state index contributed by atoms with van der Waals surface area (Å²) in [5.74, 6) is 1.22. The van der Waals surface area contributed by atoms with E-state index in [9.17, 15) is 9.59 Å². The van der Waals surface area contributed by atoms with Gasteiger partial charge in [-0.2, -0.15) is 4.98 Å². The first-order valence-corrected chi connectivity index (χ1v) is 10.2. The summed E-state index contributed by atoms with van der Waals surface area (Å²) in [6.45, 7) is 0.557. The summed E-state index contributed by atoms with van der Waals surface area (Å²) in [7, 11) is 0. The maximum atomic E-state index is 12.9. The van der Waals surface area contributed by atoms with Crippen LogP contribution in [0.25, 0.3) is 22.4 Å². The molecule has 9 nitrogen and oxygen atoms in total. The van der Waals surface area contributed by atoms with E-state index >= 15 is 0 Å². The molecule has 5 rings (SSSR count). The van der Waals surface area contributed by atoms with Crippen LogP contribution in [-0.4, -0.2) is 44.3 Å². The number of amides is 1. The molecule has 9 heteroatoms. The van der Waals surface area contributed by atoms with Gasteiger partial charge in [-0.3, -0.25) is 19.8 Å². The molecule has 2 aromatic heterocycles. The molecule has 0 bridgehead atoms. The molecular weight excluding hydrogens is 398 g/mol. The van der Waals surface area contributed by atoms with E-state index in [1.54, 1.807) is 17.0 Å². The predicted octanol–water partition coefficient (Wildman–Crippen LogP) is 3.04. The first-order chi connectivity index (χ1) is 15.2. The number of benzene rings is 2. The Bertz CT molecular complexity index is 1260. The summed E-state index contributed by atoms with van der Waals surface area (Å²) < 4.78 is 11.1. The van der Waals surface area contributed by atoms with Gasteiger partial charge in [0, 0.05) is 6.54 Å². The van der Waals surface area contributed by atoms with Gasteiger partial charge in [-0.25, -0.2) is 0 Å². The Labute approximate surface area is 177 Å². The molecule has 0 spiro atoms. The van der Waals surface area contributed by atoms with Crippen LogP contribution in [0.1, 0.15) is 31.1 Å². The Morgan fingerprint density at radius 1 is 1.13 bits per heavy atom. The highest BCUT2D eigenvalue weighted by atomic mass is 16.5. The number of hydrogen-bond acceptors (Lipinski definition) is 6. The van der Waals surface area contributed by atoms with Gasteiger partial charge in [0.25, 0.3) is 17.4 Å². The molecule has 2 aromatic carbocycles. The smallest absolute Gasteiger partial charge is 0.272 e. The van der Waals surface area contributed by atoms with Gasteiger partial charge >= 0.3 is 0 Å². The van der Waals surface area contributed by atoms with Gasteiger partial charge in [-0.1, -0.05) is 29.4 Å². The van der Waals surface area contributed by atoms with Gasteiger partial charge in [-0.05, 0) is 43.5 Å². The number of nitrogens with zero attached hydrogens (tertiary/aromatic N) is 3. The maximum Gasteiger partial charge on any atom is 0.272 e. The van der Waals surface area contributed by atoms with E-state index in [4.69, 9.17) is 9.26 Å². The first kappa shape index (κ1) is 19.1. The van der Waals surface area contributed by atoms with Gasteiger partial charge < -0.3 is 14.2 Å². The number of aromatic amines is 2. The average Bonchev–Trinajstić information content (AvgIpc) is 3.46. The molecule has 0 unspecified atom stereocenters. The number of likely N-dealkylation sites (tertiary alicyclic amines) is 1. The van der Waals surface area contributed by atoms with Crippen molar-refractivity contribution in [3.05, 3.63) is 64.7 Å². The molecule has 158 valence electrons. The van der Waals surface area contributed by atoms with Gasteiger partial charge in [-0.15, -0.1) is 0 Å². The fourth-order valence-electron chi connectivity index (χ4n) is 3.99. The normalized spacial score (nSPS) is 16.5. The molecule has 1 atom stereocenters. The third kappa shape index (κ3) is 3.70. The second kappa shape index (κ2) is 8.10. The summed E-state index contributed by atoms with van der Waals surface area (Å²) in [4.78, 5) is 31.4. The molecule has 1 amide bonds. The standard InChI is InChI=1S/C22H21N5O4/c28-18(13-30-14-7-2-1-3-8-14)27-12-5-4-11-17(27)20-23-22(31-26-20)15-9-6-10-16-19(15)21(29)25-24-16/h1-3,6-10,17H,4-5,11-13H2,(H2,24,25,29)/t17-/m1/s1. The van der Waals surface area contributed by atoms with Gasteiger partial charge in [0.1, 0.15) is 5.75 Å². The first-order valence-electron chi connectivity index (χ1n) is 10.2. The van der Waals surface area contributed by atoms with Crippen molar-refractivity contribution in [3.8, 4) is 17.2 Å². The average molecular weight is 419 g/mol. The zero-order chi connectivity index (χ0) is 21.2. The van der Waals surface area contributed by atoms with E-state index < -0.39 is 0 Å². The van der Waals surface area contributed by atoms with Crippen molar-refractivity contribution < 1.29 is 14.1 Å². The van der Waals surface area contributed by atoms with E-state index in [1.807, 2.05) is 36.4 Å². The monoisotopic (exact) mass is 419 g/mol. The van der Waals surface area contributed by atoms with Crippen LogP contribution < -0.4 is 10.3 Å². The Hall–Kier alpha value is -3.88. The van der Waals surface area contributed by atoms with Crippen molar-refractivity contribution >= 4 is 16.8 Å². The van der Waals surface area contributed by atoms with E-state index in [2.05, 4.69) is 20.3 Å². The molecule has 1 saturated heterocycles. The van der Waals surface area contributed by atoms with Gasteiger partial charge in [0.05, 0.1) is 22.5 Å². The number of piperidine rings is 1. The minimum Gasteiger partial charge on any atom is -0.484 e. The Kier molecular flexibility index (Phi) is 4.99. The molecule has 0 radical (unpaired) electrons. The number of aromatic nitrogens is 4. The van der Waals surface area contributed by atoms with Crippen LogP contribution in [-0.2, 0) is 4.79 Å². The van der Waals surface area contributed by atoms with E-state index in [1.165, 1.54) is 0 Å². The van der Waals surface area contributed by atoms with Gasteiger partial charge in [0.15, 0.2) is 12.4 Å². The second-order valence-electron chi connectivity index (χ2n) is 7.47. The number of ether oxygens (including phenoxy) is 1. The van der Waals surface area contributed by atoms with Crippen LogP contribution in [0.2, 0.25) is 0 Å². The fraction of sp³-hybridized carbons (Fsp3) is 0.273. The van der Waals surface area contributed by atoms with Gasteiger partial charge in [0.2, 0.25) is 0 Å². The lowest BCUT2D eigenvalue weighted by Gasteiger charge is -2.33. The van der Waals surface area contributed by atoms with Crippen molar-refractivity contribution in [3.63, 3.8) is 0 Å². The summed E-state index contributed by atoms with van der Waals surface area (Å²) in [6, 6.07) is 14.3. The third-order valence-electron chi connectivity index (χ3n) is 5.50. The maximum absolute atomic E-state index is 12.9. The van der Waals surface area contributed by atoms with Crippen LogP contribution in [0.3, 0.4) is 0 Å². The van der Waals surface area contributed by atoms with Crippen molar-refractivity contribution in [2.75, 3.05) is 13.2 Å². The van der Waals surface area contributed by atoms with Crippen molar-refractivity contribution in [2.45, 2.75) is 25.3 Å². The number of fused-ring (bicyclic) bond motifs is 1. The molecule has 1 aliphatic rings. The summed E-state index contributed by atoms with van der Waals surface area (Å²) in [6.07, 6.45) is 2.62. The van der Waals surface area contributed by atoms with Crippen LogP contribution >= 0.6 is 0 Å². The number of rotatable bonds is 5. The van der Waals surface area contributed by atoms with Crippen molar-refractivity contribution in [2.24, 2.45) is 0 Å². The number of nitrogens with one attached hydrogen (secondary N) is 2. The number of carbonyl (C=O) groups is 1. The minimum atomic E-state index is -0.290. The van der Waals surface area contributed by atoms with Crippen molar-refractivity contribution in [1.29, 1.82) is 0 Å². The summed E-state index contributed by atoms with van der Waals surface area (Å²) in [5.41, 5.74) is 0.965. The quantitative estimate of drug-likeness (QED) is 0.513. The predicted molar refractivity (Wildman–Crippen MR) is 112 cm³/mol. The highest BCUT2D eigenvalue weighted by molar-refractivity contribution is 5.91. The molecule has 2 N–H and O–H groups in total. The molecule has 1 aliphatic heterocycles. The molecule has 3 heterocycles. The largest absolute Gasteiger partial charge is 0.484 e. The van der Waals surface area contributed by atoms with Crippen LogP contribution in [0.15, 0.2) is 57.8 Å². The highest BCUT2D eigenvalue weighted by Crippen LogP contribution is 2.32. The minimum absolute atomic E-state index is 0.0523. The SMILES string of the molecule is O=C(COc1ccccc1)N1CCCC[C@@H]1c1noc(-c2cccc3[nH][nH]c(=O)c23)n1. The van der Waals surface area contributed by atoms with E-state index in [-0.39, 0.29) is 30.0 Å². The van der Waals surface area contributed by atoms with Crippen LogP contribution in [0.4, 0.5) is 0 Å². The Morgan fingerprint density at radius 2 is 2.00 bits per heavy atom. The lowest BCUT2D eigenvalue weighted by Crippen LogP contribution is -2.41. The zero-order valence-electron chi connectivity index (χ0n) is 16.7. The molecule has 0 saturated carbocycles. The third-order valence-corrected chi connectivity index (χ3v) is 5.50. The lowest BCUT2D eigenvalue weighted by molar-refractivity contribution is -0.137. The fourth-order valence-corrected chi connectivity index (χ4v) is 3.99. The number of H-pyrrole nitrogens is 2. The van der Waals surface area contributed by atoms with E-state index in [0.29, 0.717) is 34.6 Å². The topological polar surface area (TPSA) is 117 Å². The lowest BCUT2D eigenvalue weighted by atomic mass is 10.0.